The first-order valence-corrected chi connectivity index (χ1v) is 9.19. The van der Waals surface area contributed by atoms with E-state index in [-0.39, 0.29) is 12.6 Å². The van der Waals surface area contributed by atoms with Gasteiger partial charge in [0.15, 0.2) is 0 Å². The minimum Gasteiger partial charge on any atom is -0.395 e. The van der Waals surface area contributed by atoms with E-state index < -0.39 is 0 Å². The van der Waals surface area contributed by atoms with Crippen molar-refractivity contribution in [3.8, 4) is 0 Å². The summed E-state index contributed by atoms with van der Waals surface area (Å²) in [6.07, 6.45) is 9.25. The predicted octanol–water partition coefficient (Wildman–Crippen LogP) is 3.03. The Balaban J connectivity index is 1.72. The number of hydrogen-bond donors (Lipinski definition) is 2. The van der Waals surface area contributed by atoms with E-state index in [1.165, 1.54) is 51.6 Å². The average molecular weight is 296 g/mol. The standard InChI is InChI=1S/C18H36N2O/c1-14(2)11-17(13-21)19-16-7-9-20(10-8-16)18-6-4-5-15(3)12-18/h14-19,21H,4-13H2,1-3H3. The maximum absolute atomic E-state index is 9.52. The van der Waals surface area contributed by atoms with E-state index in [4.69, 9.17) is 0 Å². The molecular weight excluding hydrogens is 260 g/mol. The Hall–Kier alpha value is -0.120. The normalized spacial score (nSPS) is 30.7. The maximum atomic E-state index is 9.52. The summed E-state index contributed by atoms with van der Waals surface area (Å²) >= 11 is 0. The lowest BCUT2D eigenvalue weighted by atomic mass is 9.85. The van der Waals surface area contributed by atoms with Gasteiger partial charge in [0.25, 0.3) is 0 Å². The van der Waals surface area contributed by atoms with Crippen LogP contribution in [0, 0.1) is 11.8 Å². The molecule has 3 nitrogen and oxygen atoms in total. The van der Waals surface area contributed by atoms with Crippen molar-refractivity contribution in [2.75, 3.05) is 19.7 Å². The van der Waals surface area contributed by atoms with Gasteiger partial charge in [-0.15, -0.1) is 0 Å². The molecule has 3 atom stereocenters. The molecule has 3 unspecified atom stereocenters. The summed E-state index contributed by atoms with van der Waals surface area (Å²) in [5.74, 6) is 1.57. The van der Waals surface area contributed by atoms with Gasteiger partial charge in [0.2, 0.25) is 0 Å². The molecule has 21 heavy (non-hydrogen) atoms. The monoisotopic (exact) mass is 296 g/mol. The van der Waals surface area contributed by atoms with Crippen molar-refractivity contribution >= 4 is 0 Å². The van der Waals surface area contributed by atoms with Crippen LogP contribution in [0.5, 0.6) is 0 Å². The number of nitrogens with zero attached hydrogens (tertiary/aromatic N) is 1. The lowest BCUT2D eigenvalue weighted by molar-refractivity contribution is 0.0936. The van der Waals surface area contributed by atoms with Gasteiger partial charge in [-0.25, -0.2) is 0 Å². The average Bonchev–Trinajstić information content (AvgIpc) is 2.47. The Labute approximate surface area is 131 Å². The van der Waals surface area contributed by atoms with Crippen molar-refractivity contribution in [1.82, 2.24) is 10.2 Å². The molecule has 2 N–H and O–H groups in total. The molecule has 0 radical (unpaired) electrons. The SMILES string of the molecule is CC(C)CC(CO)NC1CCN(C2CCCC(C)C2)CC1. The van der Waals surface area contributed by atoms with E-state index in [0.717, 1.165) is 18.4 Å². The summed E-state index contributed by atoms with van der Waals surface area (Å²) < 4.78 is 0. The molecule has 0 aromatic heterocycles. The molecule has 1 saturated carbocycles. The number of aliphatic hydroxyl groups is 1. The van der Waals surface area contributed by atoms with Crippen molar-refractivity contribution in [3.05, 3.63) is 0 Å². The number of nitrogens with one attached hydrogen (secondary N) is 1. The molecule has 0 aromatic carbocycles. The van der Waals surface area contributed by atoms with Crippen molar-refractivity contribution in [1.29, 1.82) is 0 Å². The zero-order chi connectivity index (χ0) is 15.2. The fourth-order valence-electron chi connectivity index (χ4n) is 4.26. The van der Waals surface area contributed by atoms with E-state index in [1.807, 2.05) is 0 Å². The molecule has 0 spiro atoms. The molecule has 1 aliphatic heterocycles. The van der Waals surface area contributed by atoms with Crippen LogP contribution in [0.25, 0.3) is 0 Å². The first-order valence-electron chi connectivity index (χ1n) is 9.19. The highest BCUT2D eigenvalue weighted by Crippen LogP contribution is 2.29. The summed E-state index contributed by atoms with van der Waals surface area (Å²) in [6.45, 7) is 9.65. The van der Waals surface area contributed by atoms with Gasteiger partial charge in [-0.1, -0.05) is 33.6 Å². The van der Waals surface area contributed by atoms with Crippen LogP contribution in [0.2, 0.25) is 0 Å². The molecule has 0 aromatic rings. The topological polar surface area (TPSA) is 35.5 Å². The van der Waals surface area contributed by atoms with Crippen LogP contribution in [0.15, 0.2) is 0 Å². The second-order valence-corrected chi connectivity index (χ2v) is 7.91. The number of likely N-dealkylation sites (tertiary alicyclic amines) is 1. The van der Waals surface area contributed by atoms with Gasteiger partial charge in [-0.05, 0) is 57.0 Å². The van der Waals surface area contributed by atoms with Gasteiger partial charge in [0, 0.05) is 18.1 Å². The van der Waals surface area contributed by atoms with Gasteiger partial charge in [0.1, 0.15) is 0 Å². The van der Waals surface area contributed by atoms with E-state index in [2.05, 4.69) is 31.0 Å². The highest BCUT2D eigenvalue weighted by molar-refractivity contribution is 4.86. The Bertz CT molecular complexity index is 287. The largest absolute Gasteiger partial charge is 0.395 e. The Morgan fingerprint density at radius 2 is 1.86 bits per heavy atom. The summed E-state index contributed by atoms with van der Waals surface area (Å²) in [4.78, 5) is 2.74. The molecule has 0 bridgehead atoms. The molecule has 2 rings (SSSR count). The number of rotatable bonds is 6. The van der Waals surface area contributed by atoms with Gasteiger partial charge < -0.3 is 15.3 Å². The molecule has 124 valence electrons. The zero-order valence-corrected chi connectivity index (χ0v) is 14.4. The quantitative estimate of drug-likeness (QED) is 0.791. The second kappa shape index (κ2) is 8.50. The fourth-order valence-corrected chi connectivity index (χ4v) is 4.26. The molecule has 1 aliphatic carbocycles. The summed E-state index contributed by atoms with van der Waals surface area (Å²) in [5.41, 5.74) is 0. The Kier molecular flexibility index (Phi) is 6.97. The molecule has 1 heterocycles. The Morgan fingerprint density at radius 3 is 2.43 bits per heavy atom. The molecule has 3 heteroatoms. The van der Waals surface area contributed by atoms with Crippen molar-refractivity contribution < 1.29 is 5.11 Å². The molecule has 0 amide bonds. The third-order valence-electron chi connectivity index (χ3n) is 5.40. The number of aliphatic hydroxyl groups excluding tert-OH is 1. The van der Waals surface area contributed by atoms with E-state index in [9.17, 15) is 5.11 Å². The fraction of sp³-hybridized carbons (Fsp3) is 1.00. The zero-order valence-electron chi connectivity index (χ0n) is 14.4. The van der Waals surface area contributed by atoms with Crippen LogP contribution in [0.1, 0.15) is 65.7 Å². The third-order valence-corrected chi connectivity index (χ3v) is 5.40. The van der Waals surface area contributed by atoms with Crippen LogP contribution < -0.4 is 5.32 Å². The lowest BCUT2D eigenvalue weighted by Gasteiger charge is -2.41. The summed E-state index contributed by atoms with van der Waals surface area (Å²) in [6, 6.07) is 1.74. The van der Waals surface area contributed by atoms with Gasteiger partial charge in [-0.2, -0.15) is 0 Å². The highest BCUT2D eigenvalue weighted by atomic mass is 16.3. The molecule has 2 fully saturated rings. The van der Waals surface area contributed by atoms with Crippen molar-refractivity contribution in [2.24, 2.45) is 11.8 Å². The smallest absolute Gasteiger partial charge is 0.0584 e. The third kappa shape index (κ3) is 5.54. The van der Waals surface area contributed by atoms with Gasteiger partial charge >= 0.3 is 0 Å². The van der Waals surface area contributed by atoms with Crippen LogP contribution in [-0.2, 0) is 0 Å². The predicted molar refractivity (Wildman–Crippen MR) is 89.5 cm³/mol. The summed E-state index contributed by atoms with van der Waals surface area (Å²) in [7, 11) is 0. The minimum atomic E-state index is 0.276. The minimum absolute atomic E-state index is 0.276. The second-order valence-electron chi connectivity index (χ2n) is 7.91. The lowest BCUT2D eigenvalue weighted by Crippen LogP contribution is -2.50. The maximum Gasteiger partial charge on any atom is 0.0584 e. The summed E-state index contributed by atoms with van der Waals surface area (Å²) in [5, 5.41) is 13.2. The Morgan fingerprint density at radius 1 is 1.14 bits per heavy atom. The molecular formula is C18H36N2O. The molecule has 2 aliphatic rings. The van der Waals surface area contributed by atoms with Crippen LogP contribution in [0.4, 0.5) is 0 Å². The number of piperidine rings is 1. The van der Waals surface area contributed by atoms with Crippen LogP contribution >= 0.6 is 0 Å². The van der Waals surface area contributed by atoms with Crippen LogP contribution in [0.3, 0.4) is 0 Å². The number of hydrogen-bond acceptors (Lipinski definition) is 3. The van der Waals surface area contributed by atoms with E-state index in [1.54, 1.807) is 0 Å². The van der Waals surface area contributed by atoms with Crippen LogP contribution in [-0.4, -0.2) is 47.8 Å². The van der Waals surface area contributed by atoms with Gasteiger partial charge in [-0.3, -0.25) is 0 Å². The van der Waals surface area contributed by atoms with E-state index >= 15 is 0 Å². The first-order chi connectivity index (χ1) is 10.1. The highest BCUT2D eigenvalue weighted by Gasteiger charge is 2.28. The van der Waals surface area contributed by atoms with Crippen molar-refractivity contribution in [3.63, 3.8) is 0 Å². The van der Waals surface area contributed by atoms with Gasteiger partial charge in [0.05, 0.1) is 6.61 Å². The first kappa shape index (κ1) is 17.2. The van der Waals surface area contributed by atoms with E-state index in [0.29, 0.717) is 12.0 Å². The van der Waals surface area contributed by atoms with Crippen molar-refractivity contribution in [2.45, 2.75) is 83.8 Å². The molecule has 1 saturated heterocycles.